The zero-order valence-electron chi connectivity index (χ0n) is 11.0. The molecule has 0 aromatic carbocycles. The fourth-order valence-corrected chi connectivity index (χ4v) is 1.64. The molecule has 0 unspecified atom stereocenters. The van der Waals surface area contributed by atoms with Crippen LogP contribution in [0.15, 0.2) is 0 Å². The van der Waals surface area contributed by atoms with Gasteiger partial charge >= 0.3 is 0 Å². The maximum absolute atomic E-state index is 5.51. The summed E-state index contributed by atoms with van der Waals surface area (Å²) in [7, 11) is 0. The first-order valence-corrected chi connectivity index (χ1v) is 6.12. The number of nitrogens with zero attached hydrogens (tertiary/aromatic N) is 1. The average Bonchev–Trinajstić information content (AvgIpc) is 2.18. The van der Waals surface area contributed by atoms with Gasteiger partial charge in [0.2, 0.25) is 0 Å². The second-order valence-corrected chi connectivity index (χ2v) is 3.85. The normalized spacial score (nSPS) is 12.0. The Hall–Kier alpha value is -0.120. The topological polar surface area (TPSA) is 21.7 Å². The van der Waals surface area contributed by atoms with Crippen LogP contribution in [0.5, 0.6) is 0 Å². The molecule has 0 aliphatic rings. The van der Waals surface area contributed by atoms with Gasteiger partial charge in [-0.1, -0.05) is 6.92 Å². The lowest BCUT2D eigenvalue weighted by atomic mass is 10.3. The van der Waals surface area contributed by atoms with Gasteiger partial charge in [-0.2, -0.15) is 0 Å². The Kier molecular flexibility index (Phi) is 9.06. The van der Waals surface area contributed by atoms with Crippen molar-refractivity contribution in [2.75, 3.05) is 26.3 Å². The van der Waals surface area contributed by atoms with E-state index in [2.05, 4.69) is 25.7 Å². The third kappa shape index (κ3) is 6.88. The third-order valence-corrected chi connectivity index (χ3v) is 2.49. The first-order chi connectivity index (χ1) is 7.15. The highest BCUT2D eigenvalue weighted by Gasteiger charge is 2.12. The lowest BCUT2D eigenvalue weighted by molar-refractivity contribution is -0.142. The smallest absolute Gasteiger partial charge is 0.158 e. The first kappa shape index (κ1) is 14.9. The SMILES string of the molecule is CCOC(CCN(CC)C(C)C)OCC. The Morgan fingerprint density at radius 3 is 1.87 bits per heavy atom. The molecule has 0 aliphatic carbocycles. The van der Waals surface area contributed by atoms with Crippen molar-refractivity contribution in [2.24, 2.45) is 0 Å². The summed E-state index contributed by atoms with van der Waals surface area (Å²) in [5, 5.41) is 0. The summed E-state index contributed by atoms with van der Waals surface area (Å²) in [5.74, 6) is 0. The molecule has 0 saturated carbocycles. The summed E-state index contributed by atoms with van der Waals surface area (Å²) in [5.41, 5.74) is 0. The molecule has 0 amide bonds. The maximum Gasteiger partial charge on any atom is 0.158 e. The Morgan fingerprint density at radius 1 is 1.00 bits per heavy atom. The van der Waals surface area contributed by atoms with Gasteiger partial charge in [-0.05, 0) is 34.2 Å². The van der Waals surface area contributed by atoms with E-state index in [0.29, 0.717) is 6.04 Å². The summed E-state index contributed by atoms with van der Waals surface area (Å²) in [6.07, 6.45) is 0.918. The van der Waals surface area contributed by atoms with E-state index >= 15 is 0 Å². The van der Waals surface area contributed by atoms with Crippen molar-refractivity contribution in [3.8, 4) is 0 Å². The Bertz CT molecular complexity index is 134. The van der Waals surface area contributed by atoms with Gasteiger partial charge < -0.3 is 14.4 Å². The number of hydrogen-bond acceptors (Lipinski definition) is 3. The lowest BCUT2D eigenvalue weighted by Crippen LogP contribution is -2.34. The first-order valence-electron chi connectivity index (χ1n) is 6.12. The van der Waals surface area contributed by atoms with Crippen molar-refractivity contribution in [3.05, 3.63) is 0 Å². The van der Waals surface area contributed by atoms with E-state index in [9.17, 15) is 0 Å². The predicted molar refractivity (Wildman–Crippen MR) is 64.0 cm³/mol. The van der Waals surface area contributed by atoms with Crippen molar-refractivity contribution in [3.63, 3.8) is 0 Å². The molecular formula is C12H27NO2. The molecule has 3 nitrogen and oxygen atoms in total. The molecule has 0 heterocycles. The quantitative estimate of drug-likeness (QED) is 0.554. The molecule has 0 spiro atoms. The molecule has 92 valence electrons. The second kappa shape index (κ2) is 9.13. The van der Waals surface area contributed by atoms with Gasteiger partial charge in [0, 0.05) is 32.2 Å². The zero-order chi connectivity index (χ0) is 11.7. The van der Waals surface area contributed by atoms with Gasteiger partial charge in [0.15, 0.2) is 6.29 Å². The second-order valence-electron chi connectivity index (χ2n) is 3.85. The highest BCUT2D eigenvalue weighted by atomic mass is 16.7. The van der Waals surface area contributed by atoms with Crippen LogP contribution in [0.3, 0.4) is 0 Å². The fraction of sp³-hybridized carbons (Fsp3) is 1.00. The van der Waals surface area contributed by atoms with Crippen LogP contribution < -0.4 is 0 Å². The molecule has 0 bridgehead atoms. The van der Waals surface area contributed by atoms with Crippen LogP contribution in [0, 0.1) is 0 Å². The molecule has 0 aromatic rings. The van der Waals surface area contributed by atoms with Crippen molar-refractivity contribution in [1.29, 1.82) is 0 Å². The summed E-state index contributed by atoms with van der Waals surface area (Å²) in [6, 6.07) is 0.596. The highest BCUT2D eigenvalue weighted by molar-refractivity contribution is 4.61. The van der Waals surface area contributed by atoms with Crippen molar-refractivity contribution in [2.45, 2.75) is 53.4 Å². The average molecular weight is 217 g/mol. The van der Waals surface area contributed by atoms with Gasteiger partial charge in [0.05, 0.1) is 0 Å². The molecule has 0 N–H and O–H groups in total. The van der Waals surface area contributed by atoms with Gasteiger partial charge in [0.25, 0.3) is 0 Å². The minimum absolute atomic E-state index is 0.0344. The lowest BCUT2D eigenvalue weighted by Gasteiger charge is -2.26. The summed E-state index contributed by atoms with van der Waals surface area (Å²) in [4.78, 5) is 2.42. The van der Waals surface area contributed by atoms with Crippen LogP contribution in [-0.2, 0) is 9.47 Å². The number of hydrogen-bond donors (Lipinski definition) is 0. The minimum atomic E-state index is -0.0344. The van der Waals surface area contributed by atoms with Crippen LogP contribution >= 0.6 is 0 Å². The molecule has 0 saturated heterocycles. The Labute approximate surface area is 94.7 Å². The van der Waals surface area contributed by atoms with E-state index in [1.54, 1.807) is 0 Å². The molecule has 0 aromatic heterocycles. The monoisotopic (exact) mass is 217 g/mol. The molecule has 3 heteroatoms. The standard InChI is InChI=1S/C12H27NO2/c1-6-13(11(4)5)10-9-12(14-7-2)15-8-3/h11-12H,6-10H2,1-5H3. The molecule has 0 rings (SSSR count). The van der Waals surface area contributed by atoms with Gasteiger partial charge in [-0.25, -0.2) is 0 Å². The van der Waals surface area contributed by atoms with Gasteiger partial charge in [-0.3, -0.25) is 0 Å². The van der Waals surface area contributed by atoms with E-state index in [1.807, 2.05) is 13.8 Å². The molecule has 15 heavy (non-hydrogen) atoms. The van der Waals surface area contributed by atoms with Crippen LogP contribution in [-0.4, -0.2) is 43.5 Å². The van der Waals surface area contributed by atoms with E-state index in [4.69, 9.17) is 9.47 Å². The third-order valence-electron chi connectivity index (χ3n) is 2.49. The zero-order valence-corrected chi connectivity index (χ0v) is 11.0. The van der Waals surface area contributed by atoms with Crippen LogP contribution in [0.2, 0.25) is 0 Å². The van der Waals surface area contributed by atoms with Crippen LogP contribution in [0.1, 0.15) is 41.0 Å². The summed E-state index contributed by atoms with van der Waals surface area (Å²) < 4.78 is 11.0. The van der Waals surface area contributed by atoms with Crippen LogP contribution in [0.4, 0.5) is 0 Å². The van der Waals surface area contributed by atoms with Crippen molar-refractivity contribution < 1.29 is 9.47 Å². The van der Waals surface area contributed by atoms with Gasteiger partial charge in [-0.15, -0.1) is 0 Å². The maximum atomic E-state index is 5.51. The van der Waals surface area contributed by atoms with E-state index in [1.165, 1.54) is 0 Å². The fourth-order valence-electron chi connectivity index (χ4n) is 1.64. The Balaban J connectivity index is 3.84. The van der Waals surface area contributed by atoms with E-state index in [0.717, 1.165) is 32.7 Å². The minimum Gasteiger partial charge on any atom is -0.353 e. The largest absolute Gasteiger partial charge is 0.353 e. The number of rotatable bonds is 9. The van der Waals surface area contributed by atoms with Gasteiger partial charge in [0.1, 0.15) is 0 Å². The molecule has 0 aliphatic heterocycles. The van der Waals surface area contributed by atoms with E-state index < -0.39 is 0 Å². The summed E-state index contributed by atoms with van der Waals surface area (Å²) in [6.45, 7) is 14.2. The highest BCUT2D eigenvalue weighted by Crippen LogP contribution is 2.05. The van der Waals surface area contributed by atoms with Crippen LogP contribution in [0.25, 0.3) is 0 Å². The number of ether oxygens (including phenoxy) is 2. The molecule has 0 radical (unpaired) electrons. The van der Waals surface area contributed by atoms with E-state index in [-0.39, 0.29) is 6.29 Å². The molecule has 0 atom stereocenters. The van der Waals surface area contributed by atoms with Crippen molar-refractivity contribution >= 4 is 0 Å². The summed E-state index contributed by atoms with van der Waals surface area (Å²) >= 11 is 0. The Morgan fingerprint density at radius 2 is 1.53 bits per heavy atom. The van der Waals surface area contributed by atoms with Crippen molar-refractivity contribution in [1.82, 2.24) is 4.90 Å². The predicted octanol–water partition coefficient (Wildman–Crippen LogP) is 2.51. The molecule has 0 fully saturated rings. The molecular weight excluding hydrogens is 190 g/mol.